The summed E-state index contributed by atoms with van der Waals surface area (Å²) in [6.45, 7) is 7.60. The molecule has 0 bridgehead atoms. The minimum Gasteiger partial charge on any atom is -0.444 e. The molecule has 1 fully saturated rings. The second-order valence-electron chi connectivity index (χ2n) is 5.10. The highest BCUT2D eigenvalue weighted by molar-refractivity contribution is 5.00. The fourth-order valence-corrected chi connectivity index (χ4v) is 2.43. The van der Waals surface area contributed by atoms with Crippen LogP contribution in [0.1, 0.15) is 44.3 Å². The van der Waals surface area contributed by atoms with Gasteiger partial charge >= 0.3 is 0 Å². The van der Waals surface area contributed by atoms with E-state index in [4.69, 9.17) is 4.42 Å². The molecular formula is C13H23N3O. The van der Waals surface area contributed by atoms with Crippen LogP contribution in [0.15, 0.2) is 10.6 Å². The van der Waals surface area contributed by atoms with E-state index in [1.807, 2.05) is 13.2 Å². The number of aromatic nitrogens is 1. The van der Waals surface area contributed by atoms with Gasteiger partial charge in [-0.3, -0.25) is 0 Å². The Bertz CT molecular complexity index is 340. The minimum atomic E-state index is 0.510. The van der Waals surface area contributed by atoms with Crippen molar-refractivity contribution in [3.05, 3.63) is 17.8 Å². The lowest BCUT2D eigenvalue weighted by Gasteiger charge is -2.33. The lowest BCUT2D eigenvalue weighted by atomic mass is 9.96. The molecule has 0 radical (unpaired) electrons. The van der Waals surface area contributed by atoms with Crippen molar-refractivity contribution >= 4 is 0 Å². The van der Waals surface area contributed by atoms with Crippen LogP contribution >= 0.6 is 0 Å². The second kappa shape index (κ2) is 5.65. The van der Waals surface area contributed by atoms with E-state index in [0.717, 1.165) is 44.1 Å². The van der Waals surface area contributed by atoms with Gasteiger partial charge in [-0.2, -0.15) is 0 Å². The zero-order valence-electron chi connectivity index (χ0n) is 11.1. The number of piperidine rings is 1. The number of hydrogen-bond acceptors (Lipinski definition) is 4. The van der Waals surface area contributed by atoms with Gasteiger partial charge in [-0.05, 0) is 46.8 Å². The topological polar surface area (TPSA) is 41.3 Å². The Morgan fingerprint density at radius 2 is 2.18 bits per heavy atom. The van der Waals surface area contributed by atoms with Gasteiger partial charge in [0.05, 0.1) is 12.7 Å². The Kier molecular flexibility index (Phi) is 4.18. The Hall–Kier alpha value is -0.870. The fourth-order valence-electron chi connectivity index (χ4n) is 2.43. The van der Waals surface area contributed by atoms with E-state index in [2.05, 4.69) is 29.0 Å². The van der Waals surface area contributed by atoms with Crippen LogP contribution in [-0.4, -0.2) is 36.1 Å². The molecule has 4 heteroatoms. The van der Waals surface area contributed by atoms with Crippen molar-refractivity contribution in [2.75, 3.05) is 20.1 Å². The van der Waals surface area contributed by atoms with Crippen molar-refractivity contribution in [3.8, 4) is 0 Å². The van der Waals surface area contributed by atoms with E-state index in [9.17, 15) is 0 Å². The quantitative estimate of drug-likeness (QED) is 0.869. The first kappa shape index (κ1) is 12.6. The standard InChI is InChI=1S/C13H23N3O/c1-10(2)16-6-4-11(5-7-16)13-15-9-12(17-13)8-14-3/h9-11,14H,4-8H2,1-3H3. The predicted octanol–water partition coefficient (Wildman–Crippen LogP) is 1.98. The van der Waals surface area contributed by atoms with Gasteiger partial charge in [-0.25, -0.2) is 4.98 Å². The zero-order valence-corrected chi connectivity index (χ0v) is 11.1. The lowest BCUT2D eigenvalue weighted by molar-refractivity contribution is 0.162. The first-order valence-electron chi connectivity index (χ1n) is 6.54. The molecule has 0 aromatic carbocycles. The van der Waals surface area contributed by atoms with Crippen molar-refractivity contribution in [1.29, 1.82) is 0 Å². The maximum atomic E-state index is 5.77. The number of hydrogen-bond donors (Lipinski definition) is 1. The van der Waals surface area contributed by atoms with Crippen molar-refractivity contribution < 1.29 is 4.42 Å². The lowest BCUT2D eigenvalue weighted by Crippen LogP contribution is -2.37. The van der Waals surface area contributed by atoms with E-state index in [0.29, 0.717) is 12.0 Å². The van der Waals surface area contributed by atoms with E-state index < -0.39 is 0 Å². The van der Waals surface area contributed by atoms with Gasteiger partial charge in [0, 0.05) is 12.0 Å². The molecule has 1 N–H and O–H groups in total. The average molecular weight is 237 g/mol. The van der Waals surface area contributed by atoms with Crippen molar-refractivity contribution in [2.24, 2.45) is 0 Å². The molecule has 1 aromatic rings. The predicted molar refractivity (Wildman–Crippen MR) is 68.0 cm³/mol. The zero-order chi connectivity index (χ0) is 12.3. The summed E-state index contributed by atoms with van der Waals surface area (Å²) in [5, 5.41) is 3.08. The molecule has 0 saturated carbocycles. The van der Waals surface area contributed by atoms with Crippen LogP contribution in [0.4, 0.5) is 0 Å². The van der Waals surface area contributed by atoms with Gasteiger partial charge in [0.25, 0.3) is 0 Å². The summed E-state index contributed by atoms with van der Waals surface area (Å²) in [6.07, 6.45) is 4.18. The first-order valence-corrected chi connectivity index (χ1v) is 6.54. The van der Waals surface area contributed by atoms with Crippen LogP contribution < -0.4 is 5.32 Å². The molecule has 2 rings (SSSR count). The highest BCUT2D eigenvalue weighted by atomic mass is 16.4. The molecule has 96 valence electrons. The van der Waals surface area contributed by atoms with Crippen LogP contribution in [0.3, 0.4) is 0 Å². The third-order valence-electron chi connectivity index (χ3n) is 3.53. The summed E-state index contributed by atoms with van der Waals surface area (Å²) < 4.78 is 5.77. The number of nitrogens with zero attached hydrogens (tertiary/aromatic N) is 2. The Morgan fingerprint density at radius 1 is 1.47 bits per heavy atom. The SMILES string of the molecule is CNCc1cnc(C2CCN(C(C)C)CC2)o1. The number of nitrogens with one attached hydrogen (secondary N) is 1. The van der Waals surface area contributed by atoms with Gasteiger partial charge in [-0.1, -0.05) is 0 Å². The molecule has 1 aliphatic heterocycles. The van der Waals surface area contributed by atoms with Crippen LogP contribution in [0.2, 0.25) is 0 Å². The molecule has 0 amide bonds. The fraction of sp³-hybridized carbons (Fsp3) is 0.769. The van der Waals surface area contributed by atoms with Gasteiger partial charge in [0.15, 0.2) is 5.89 Å². The van der Waals surface area contributed by atoms with Crippen LogP contribution in [0.5, 0.6) is 0 Å². The summed E-state index contributed by atoms with van der Waals surface area (Å²) in [7, 11) is 1.92. The third-order valence-corrected chi connectivity index (χ3v) is 3.53. The summed E-state index contributed by atoms with van der Waals surface area (Å²) in [6, 6.07) is 0.653. The molecule has 4 nitrogen and oxygen atoms in total. The van der Waals surface area contributed by atoms with E-state index in [1.54, 1.807) is 0 Å². The smallest absolute Gasteiger partial charge is 0.197 e. The molecular weight excluding hydrogens is 214 g/mol. The molecule has 0 aliphatic carbocycles. The van der Waals surface area contributed by atoms with Crippen LogP contribution in [-0.2, 0) is 6.54 Å². The largest absolute Gasteiger partial charge is 0.444 e. The summed E-state index contributed by atoms with van der Waals surface area (Å²) >= 11 is 0. The van der Waals surface area contributed by atoms with Crippen LogP contribution in [0.25, 0.3) is 0 Å². The van der Waals surface area contributed by atoms with Gasteiger partial charge in [0.2, 0.25) is 0 Å². The second-order valence-corrected chi connectivity index (χ2v) is 5.10. The molecule has 0 spiro atoms. The van der Waals surface area contributed by atoms with E-state index in [-0.39, 0.29) is 0 Å². The highest BCUT2D eigenvalue weighted by Crippen LogP contribution is 2.28. The number of likely N-dealkylation sites (tertiary alicyclic amines) is 1. The molecule has 2 heterocycles. The third kappa shape index (κ3) is 3.07. The van der Waals surface area contributed by atoms with E-state index in [1.165, 1.54) is 0 Å². The van der Waals surface area contributed by atoms with Gasteiger partial charge < -0.3 is 14.6 Å². The molecule has 1 aliphatic rings. The Morgan fingerprint density at radius 3 is 2.76 bits per heavy atom. The normalized spacial score (nSPS) is 19.1. The van der Waals surface area contributed by atoms with E-state index >= 15 is 0 Å². The molecule has 1 saturated heterocycles. The summed E-state index contributed by atoms with van der Waals surface area (Å²) in [5.74, 6) is 2.38. The maximum Gasteiger partial charge on any atom is 0.197 e. The summed E-state index contributed by atoms with van der Waals surface area (Å²) in [4.78, 5) is 6.92. The molecule has 1 aromatic heterocycles. The minimum absolute atomic E-state index is 0.510. The number of rotatable bonds is 4. The molecule has 0 atom stereocenters. The number of oxazole rings is 1. The molecule has 17 heavy (non-hydrogen) atoms. The Labute approximate surface area is 103 Å². The van der Waals surface area contributed by atoms with Crippen molar-refractivity contribution in [1.82, 2.24) is 15.2 Å². The monoisotopic (exact) mass is 237 g/mol. The highest BCUT2D eigenvalue weighted by Gasteiger charge is 2.25. The van der Waals surface area contributed by atoms with Gasteiger partial charge in [0.1, 0.15) is 5.76 Å². The average Bonchev–Trinajstić information content (AvgIpc) is 2.78. The Balaban J connectivity index is 1.91. The summed E-state index contributed by atoms with van der Waals surface area (Å²) in [5.41, 5.74) is 0. The van der Waals surface area contributed by atoms with Gasteiger partial charge in [-0.15, -0.1) is 0 Å². The van der Waals surface area contributed by atoms with Crippen LogP contribution in [0, 0.1) is 0 Å². The first-order chi connectivity index (χ1) is 8.20. The van der Waals surface area contributed by atoms with Crippen molar-refractivity contribution in [3.63, 3.8) is 0 Å². The van der Waals surface area contributed by atoms with Crippen molar-refractivity contribution in [2.45, 2.75) is 45.2 Å². The maximum absolute atomic E-state index is 5.77. The molecule has 0 unspecified atom stereocenters.